The summed E-state index contributed by atoms with van der Waals surface area (Å²) < 4.78 is 13.4. The van der Waals surface area contributed by atoms with Crippen molar-refractivity contribution >= 4 is 23.2 Å². The Labute approximate surface area is 121 Å². The van der Waals surface area contributed by atoms with Gasteiger partial charge in [0.1, 0.15) is 11.7 Å². The van der Waals surface area contributed by atoms with Gasteiger partial charge in [-0.3, -0.25) is 5.41 Å². The summed E-state index contributed by atoms with van der Waals surface area (Å²) in [5, 5.41) is 12.5. The van der Waals surface area contributed by atoms with E-state index >= 15 is 0 Å². The van der Waals surface area contributed by atoms with Crippen molar-refractivity contribution in [2.45, 2.75) is 6.92 Å². The summed E-state index contributed by atoms with van der Waals surface area (Å²) in [6.07, 6.45) is 0. The SMILES string of the molecule is Cc1cccc(NC(=O)Nc2ccc(F)c(C(=N)N)c2)c1. The molecule has 21 heavy (non-hydrogen) atoms. The quantitative estimate of drug-likeness (QED) is 0.516. The van der Waals surface area contributed by atoms with Gasteiger partial charge in [-0.2, -0.15) is 0 Å². The van der Waals surface area contributed by atoms with Gasteiger partial charge in [0.05, 0.1) is 5.56 Å². The van der Waals surface area contributed by atoms with Crippen molar-refractivity contribution in [3.63, 3.8) is 0 Å². The first-order chi connectivity index (χ1) is 9.95. The number of carbonyl (C=O) groups is 1. The molecule has 2 aromatic rings. The second kappa shape index (κ2) is 6.04. The summed E-state index contributed by atoms with van der Waals surface area (Å²) in [6.45, 7) is 1.92. The molecule has 0 spiro atoms. The number of nitrogens with one attached hydrogen (secondary N) is 3. The first-order valence-electron chi connectivity index (χ1n) is 6.24. The molecule has 0 aliphatic carbocycles. The summed E-state index contributed by atoms with van der Waals surface area (Å²) in [5.74, 6) is -0.998. The summed E-state index contributed by atoms with van der Waals surface area (Å²) in [7, 11) is 0. The number of nitrogen functional groups attached to an aromatic ring is 1. The Kier molecular flexibility index (Phi) is 4.18. The van der Waals surface area contributed by atoms with Crippen LogP contribution in [0.25, 0.3) is 0 Å². The lowest BCUT2D eigenvalue weighted by atomic mass is 10.1. The number of aryl methyl sites for hydroxylation is 1. The predicted molar refractivity (Wildman–Crippen MR) is 81.2 cm³/mol. The van der Waals surface area contributed by atoms with Crippen LogP contribution in [0.3, 0.4) is 0 Å². The van der Waals surface area contributed by atoms with E-state index in [1.807, 2.05) is 25.1 Å². The molecule has 2 amide bonds. The van der Waals surface area contributed by atoms with Crippen LogP contribution < -0.4 is 16.4 Å². The van der Waals surface area contributed by atoms with E-state index in [1.54, 1.807) is 6.07 Å². The first-order valence-corrected chi connectivity index (χ1v) is 6.24. The fourth-order valence-electron chi connectivity index (χ4n) is 1.83. The Morgan fingerprint density at radius 3 is 2.43 bits per heavy atom. The molecule has 5 nitrogen and oxygen atoms in total. The van der Waals surface area contributed by atoms with Crippen molar-refractivity contribution in [2.24, 2.45) is 5.73 Å². The van der Waals surface area contributed by atoms with Crippen LogP contribution in [0.4, 0.5) is 20.6 Å². The van der Waals surface area contributed by atoms with E-state index in [9.17, 15) is 9.18 Å². The molecule has 0 aliphatic rings. The minimum absolute atomic E-state index is 0.0524. The molecule has 0 fully saturated rings. The summed E-state index contributed by atoms with van der Waals surface area (Å²) >= 11 is 0. The van der Waals surface area contributed by atoms with Crippen LogP contribution >= 0.6 is 0 Å². The van der Waals surface area contributed by atoms with Gasteiger partial charge in [-0.25, -0.2) is 9.18 Å². The molecule has 6 heteroatoms. The van der Waals surface area contributed by atoms with E-state index in [0.717, 1.165) is 11.6 Å². The van der Waals surface area contributed by atoms with Gasteiger partial charge < -0.3 is 16.4 Å². The van der Waals surface area contributed by atoms with E-state index in [0.29, 0.717) is 11.4 Å². The lowest BCUT2D eigenvalue weighted by Gasteiger charge is -2.09. The molecule has 0 bridgehead atoms. The third-order valence-electron chi connectivity index (χ3n) is 2.79. The fourth-order valence-corrected chi connectivity index (χ4v) is 1.83. The number of rotatable bonds is 3. The number of amides is 2. The van der Waals surface area contributed by atoms with E-state index in [4.69, 9.17) is 11.1 Å². The normalized spacial score (nSPS) is 10.0. The molecular weight excluding hydrogens is 271 g/mol. The van der Waals surface area contributed by atoms with Crippen molar-refractivity contribution in [3.8, 4) is 0 Å². The van der Waals surface area contributed by atoms with Crippen molar-refractivity contribution in [1.29, 1.82) is 5.41 Å². The van der Waals surface area contributed by atoms with Crippen LogP contribution in [0.5, 0.6) is 0 Å². The predicted octanol–water partition coefficient (Wildman–Crippen LogP) is 3.06. The van der Waals surface area contributed by atoms with Gasteiger partial charge in [0.25, 0.3) is 0 Å². The van der Waals surface area contributed by atoms with Crippen molar-refractivity contribution in [2.75, 3.05) is 10.6 Å². The molecule has 0 radical (unpaired) electrons. The lowest BCUT2D eigenvalue weighted by molar-refractivity contribution is 0.262. The summed E-state index contributed by atoms with van der Waals surface area (Å²) in [5.41, 5.74) is 7.25. The number of anilines is 2. The van der Waals surface area contributed by atoms with Crippen molar-refractivity contribution in [3.05, 3.63) is 59.4 Å². The molecule has 0 saturated heterocycles. The highest BCUT2D eigenvalue weighted by atomic mass is 19.1. The van der Waals surface area contributed by atoms with Crippen LogP contribution in [0.1, 0.15) is 11.1 Å². The minimum atomic E-state index is -0.604. The number of nitrogens with two attached hydrogens (primary N) is 1. The van der Waals surface area contributed by atoms with Crippen LogP contribution in [0.15, 0.2) is 42.5 Å². The number of urea groups is 1. The maximum atomic E-state index is 13.4. The Morgan fingerprint density at radius 1 is 1.14 bits per heavy atom. The van der Waals surface area contributed by atoms with Gasteiger partial charge in [-0.1, -0.05) is 12.1 Å². The van der Waals surface area contributed by atoms with Gasteiger partial charge in [0, 0.05) is 11.4 Å². The average Bonchev–Trinajstić information content (AvgIpc) is 2.40. The van der Waals surface area contributed by atoms with E-state index in [-0.39, 0.29) is 5.56 Å². The molecule has 108 valence electrons. The molecule has 0 unspecified atom stereocenters. The fraction of sp³-hybridized carbons (Fsp3) is 0.0667. The number of benzene rings is 2. The highest BCUT2D eigenvalue weighted by Gasteiger charge is 2.08. The van der Waals surface area contributed by atoms with E-state index < -0.39 is 17.7 Å². The Morgan fingerprint density at radius 2 is 1.81 bits per heavy atom. The highest BCUT2D eigenvalue weighted by molar-refractivity contribution is 6.01. The first kappa shape index (κ1) is 14.5. The van der Waals surface area contributed by atoms with Gasteiger partial charge in [0.2, 0.25) is 0 Å². The van der Waals surface area contributed by atoms with Crippen LogP contribution in [0, 0.1) is 18.2 Å². The largest absolute Gasteiger partial charge is 0.384 e. The number of hydrogen-bond donors (Lipinski definition) is 4. The molecule has 0 heterocycles. The summed E-state index contributed by atoms with van der Waals surface area (Å²) in [6, 6.07) is 10.7. The second-order valence-electron chi connectivity index (χ2n) is 4.56. The maximum absolute atomic E-state index is 13.4. The molecule has 0 aliphatic heterocycles. The lowest BCUT2D eigenvalue weighted by Crippen LogP contribution is -2.20. The van der Waals surface area contributed by atoms with Crippen molar-refractivity contribution < 1.29 is 9.18 Å². The van der Waals surface area contributed by atoms with Gasteiger partial charge in [-0.05, 0) is 42.8 Å². The zero-order valence-corrected chi connectivity index (χ0v) is 11.4. The number of halogens is 1. The van der Waals surface area contributed by atoms with Crippen LogP contribution in [0.2, 0.25) is 0 Å². The van der Waals surface area contributed by atoms with Gasteiger partial charge in [0.15, 0.2) is 0 Å². The third kappa shape index (κ3) is 3.79. The zero-order valence-electron chi connectivity index (χ0n) is 11.4. The maximum Gasteiger partial charge on any atom is 0.323 e. The zero-order chi connectivity index (χ0) is 15.4. The van der Waals surface area contributed by atoms with E-state index in [2.05, 4.69) is 10.6 Å². The van der Waals surface area contributed by atoms with Crippen molar-refractivity contribution in [1.82, 2.24) is 0 Å². The molecule has 2 aromatic carbocycles. The smallest absolute Gasteiger partial charge is 0.323 e. The highest BCUT2D eigenvalue weighted by Crippen LogP contribution is 2.15. The van der Waals surface area contributed by atoms with Gasteiger partial charge in [-0.15, -0.1) is 0 Å². The third-order valence-corrected chi connectivity index (χ3v) is 2.79. The standard InChI is InChI=1S/C15H15FN4O/c1-9-3-2-4-10(7-9)19-15(21)20-11-5-6-13(16)12(8-11)14(17)18/h2-8H,1H3,(H3,17,18)(H2,19,20,21). The number of hydrogen-bond acceptors (Lipinski definition) is 2. The molecule has 5 N–H and O–H groups in total. The Bertz CT molecular complexity index is 700. The molecule has 0 saturated carbocycles. The molecule has 0 aromatic heterocycles. The number of amidine groups is 1. The average molecular weight is 286 g/mol. The Balaban J connectivity index is 2.09. The van der Waals surface area contributed by atoms with Crippen LogP contribution in [-0.2, 0) is 0 Å². The van der Waals surface area contributed by atoms with Crippen LogP contribution in [-0.4, -0.2) is 11.9 Å². The summed E-state index contributed by atoms with van der Waals surface area (Å²) in [4.78, 5) is 11.9. The molecule has 0 atom stereocenters. The molecule has 2 rings (SSSR count). The Hall–Kier alpha value is -2.89. The number of carbonyl (C=O) groups excluding carboxylic acids is 1. The molecular formula is C15H15FN4O. The minimum Gasteiger partial charge on any atom is -0.384 e. The monoisotopic (exact) mass is 286 g/mol. The van der Waals surface area contributed by atoms with Gasteiger partial charge >= 0.3 is 6.03 Å². The van der Waals surface area contributed by atoms with E-state index in [1.165, 1.54) is 12.1 Å². The topological polar surface area (TPSA) is 91.0 Å². The second-order valence-corrected chi connectivity index (χ2v) is 4.56.